The van der Waals surface area contributed by atoms with Gasteiger partial charge in [0.05, 0.1) is 11.9 Å². The zero-order valence-electron chi connectivity index (χ0n) is 8.54. The van der Waals surface area contributed by atoms with Gasteiger partial charge in [-0.25, -0.2) is 9.97 Å². The minimum absolute atomic E-state index is 0.234. The van der Waals surface area contributed by atoms with E-state index in [0.717, 1.165) is 0 Å². The molecule has 0 fully saturated rings. The molecule has 1 heterocycles. The van der Waals surface area contributed by atoms with E-state index in [9.17, 15) is 13.2 Å². The van der Waals surface area contributed by atoms with Gasteiger partial charge >= 0.3 is 6.18 Å². The molecule has 0 N–H and O–H groups in total. The van der Waals surface area contributed by atoms with Crippen molar-refractivity contribution in [2.24, 2.45) is 0 Å². The maximum Gasteiger partial charge on any atom is 0.393 e. The monoisotopic (exact) mass is 226 g/mol. The van der Waals surface area contributed by atoms with E-state index in [1.54, 1.807) is 13.0 Å². The highest BCUT2D eigenvalue weighted by Gasteiger charge is 2.27. The molecule has 2 nitrogen and oxygen atoms in total. The number of hydrogen-bond acceptors (Lipinski definition) is 2. The quantitative estimate of drug-likeness (QED) is 0.746. The number of rotatable bonds is 1. The average Bonchev–Trinajstić information content (AvgIpc) is 2.17. The fraction of sp³-hybridized carbons (Fsp3) is 0.273. The molecule has 2 rings (SSSR count). The molecule has 84 valence electrons. The van der Waals surface area contributed by atoms with E-state index in [1.165, 1.54) is 18.5 Å². The number of aromatic nitrogens is 2. The molecule has 0 aliphatic carbocycles. The maximum atomic E-state index is 12.2. The Hall–Kier alpha value is -1.65. The Morgan fingerprint density at radius 2 is 1.94 bits per heavy atom. The Kier molecular flexibility index (Phi) is 2.53. The molecule has 0 unspecified atom stereocenters. The first kappa shape index (κ1) is 10.9. The normalized spacial score (nSPS) is 12.0. The van der Waals surface area contributed by atoms with E-state index < -0.39 is 12.6 Å². The van der Waals surface area contributed by atoms with Crippen molar-refractivity contribution in [3.05, 3.63) is 35.8 Å². The summed E-state index contributed by atoms with van der Waals surface area (Å²) in [7, 11) is 0. The third-order valence-electron chi connectivity index (χ3n) is 2.30. The Bertz CT molecular complexity index is 520. The molecule has 0 atom stereocenters. The van der Waals surface area contributed by atoms with Crippen LogP contribution < -0.4 is 0 Å². The van der Waals surface area contributed by atoms with Crippen molar-refractivity contribution in [1.82, 2.24) is 9.97 Å². The second-order valence-electron chi connectivity index (χ2n) is 3.60. The molecule has 16 heavy (non-hydrogen) atoms. The molecule has 0 spiro atoms. The van der Waals surface area contributed by atoms with Crippen molar-refractivity contribution in [2.45, 2.75) is 19.5 Å². The first-order valence-corrected chi connectivity index (χ1v) is 4.73. The number of aryl methyl sites for hydroxylation is 1. The summed E-state index contributed by atoms with van der Waals surface area (Å²) in [5.41, 5.74) is 1.59. The summed E-state index contributed by atoms with van der Waals surface area (Å²) in [5, 5.41) is 0.671. The third kappa shape index (κ3) is 2.29. The van der Waals surface area contributed by atoms with Crippen LogP contribution in [0.2, 0.25) is 0 Å². The van der Waals surface area contributed by atoms with Gasteiger partial charge in [0.25, 0.3) is 0 Å². The van der Waals surface area contributed by atoms with Crippen molar-refractivity contribution in [3.63, 3.8) is 0 Å². The van der Waals surface area contributed by atoms with Crippen molar-refractivity contribution in [1.29, 1.82) is 0 Å². The Labute approximate surface area is 90.1 Å². The number of alkyl halides is 3. The fourth-order valence-corrected chi connectivity index (χ4v) is 1.57. The highest BCUT2D eigenvalue weighted by Crippen LogP contribution is 2.24. The zero-order valence-corrected chi connectivity index (χ0v) is 8.54. The maximum absolute atomic E-state index is 12.2. The molecular formula is C11H9F3N2. The topological polar surface area (TPSA) is 25.8 Å². The number of hydrogen-bond donors (Lipinski definition) is 0. The van der Waals surface area contributed by atoms with Crippen molar-refractivity contribution in [2.75, 3.05) is 0 Å². The highest BCUT2D eigenvalue weighted by molar-refractivity contribution is 5.81. The standard InChI is InChI=1S/C11H9F3N2/c1-7-9-4-8(5-11(12,13)14)2-3-10(9)16-6-15-7/h2-4,6H,5H2,1H3. The molecule has 0 radical (unpaired) electrons. The summed E-state index contributed by atoms with van der Waals surface area (Å²) in [6.07, 6.45) is -3.70. The summed E-state index contributed by atoms with van der Waals surface area (Å²) in [6, 6.07) is 4.53. The summed E-state index contributed by atoms with van der Waals surface area (Å²) in [6.45, 7) is 1.75. The van der Waals surface area contributed by atoms with Gasteiger partial charge in [-0.3, -0.25) is 0 Å². The second-order valence-corrected chi connectivity index (χ2v) is 3.60. The first-order chi connectivity index (χ1) is 7.46. The van der Waals surface area contributed by atoms with Gasteiger partial charge in [0, 0.05) is 11.1 Å². The van der Waals surface area contributed by atoms with Crippen LogP contribution in [0.4, 0.5) is 13.2 Å². The molecule has 0 bridgehead atoms. The molecule has 0 amide bonds. The second kappa shape index (κ2) is 3.73. The highest BCUT2D eigenvalue weighted by atomic mass is 19.4. The predicted molar refractivity (Wildman–Crippen MR) is 54.0 cm³/mol. The molecule has 1 aromatic carbocycles. The summed E-state index contributed by atoms with van der Waals surface area (Å²) in [5.74, 6) is 0. The van der Waals surface area contributed by atoms with Gasteiger partial charge in [-0.1, -0.05) is 6.07 Å². The van der Waals surface area contributed by atoms with Crippen LogP contribution in [-0.4, -0.2) is 16.1 Å². The summed E-state index contributed by atoms with van der Waals surface area (Å²) in [4.78, 5) is 7.94. The Balaban J connectivity index is 2.47. The number of benzene rings is 1. The van der Waals surface area contributed by atoms with Crippen LogP contribution in [0, 0.1) is 6.92 Å². The van der Waals surface area contributed by atoms with Gasteiger partial charge < -0.3 is 0 Å². The number of nitrogens with zero attached hydrogens (tertiary/aromatic N) is 2. The first-order valence-electron chi connectivity index (χ1n) is 4.73. The van der Waals surface area contributed by atoms with E-state index >= 15 is 0 Å². The Morgan fingerprint density at radius 3 is 2.62 bits per heavy atom. The van der Waals surface area contributed by atoms with Gasteiger partial charge in [0.1, 0.15) is 6.33 Å². The predicted octanol–water partition coefficient (Wildman–Crippen LogP) is 3.04. The van der Waals surface area contributed by atoms with Gasteiger partial charge in [-0.05, 0) is 24.6 Å². The van der Waals surface area contributed by atoms with Crippen LogP contribution in [0.3, 0.4) is 0 Å². The van der Waals surface area contributed by atoms with Gasteiger partial charge in [0.15, 0.2) is 0 Å². The lowest BCUT2D eigenvalue weighted by Crippen LogP contribution is -2.11. The van der Waals surface area contributed by atoms with Crippen molar-refractivity contribution in [3.8, 4) is 0 Å². The zero-order chi connectivity index (χ0) is 11.8. The molecule has 2 aromatic rings. The van der Waals surface area contributed by atoms with E-state index in [4.69, 9.17) is 0 Å². The molecule has 0 saturated heterocycles. The summed E-state index contributed by atoms with van der Waals surface area (Å²) >= 11 is 0. The minimum atomic E-state index is -4.18. The average molecular weight is 226 g/mol. The van der Waals surface area contributed by atoms with E-state index in [-0.39, 0.29) is 5.56 Å². The molecule has 0 aliphatic heterocycles. The van der Waals surface area contributed by atoms with Gasteiger partial charge in [0.2, 0.25) is 0 Å². The van der Waals surface area contributed by atoms with Crippen LogP contribution in [0.25, 0.3) is 10.9 Å². The van der Waals surface area contributed by atoms with Crippen LogP contribution in [0.1, 0.15) is 11.3 Å². The third-order valence-corrected chi connectivity index (χ3v) is 2.30. The van der Waals surface area contributed by atoms with Gasteiger partial charge in [-0.15, -0.1) is 0 Å². The SMILES string of the molecule is Cc1ncnc2ccc(CC(F)(F)F)cc12. The van der Waals surface area contributed by atoms with E-state index in [0.29, 0.717) is 16.6 Å². The Morgan fingerprint density at radius 1 is 1.19 bits per heavy atom. The van der Waals surface area contributed by atoms with Crippen LogP contribution in [0.15, 0.2) is 24.5 Å². The van der Waals surface area contributed by atoms with Crippen LogP contribution in [0.5, 0.6) is 0 Å². The smallest absolute Gasteiger partial charge is 0.241 e. The molecule has 5 heteroatoms. The largest absolute Gasteiger partial charge is 0.393 e. The summed E-state index contributed by atoms with van der Waals surface area (Å²) < 4.78 is 36.6. The minimum Gasteiger partial charge on any atom is -0.241 e. The molecule has 0 saturated carbocycles. The lowest BCUT2D eigenvalue weighted by atomic mass is 10.1. The lowest BCUT2D eigenvalue weighted by Gasteiger charge is -2.07. The van der Waals surface area contributed by atoms with E-state index in [1.807, 2.05) is 0 Å². The number of fused-ring (bicyclic) bond motifs is 1. The van der Waals surface area contributed by atoms with Crippen molar-refractivity contribution >= 4 is 10.9 Å². The fourth-order valence-electron chi connectivity index (χ4n) is 1.57. The van der Waals surface area contributed by atoms with Crippen LogP contribution in [-0.2, 0) is 6.42 Å². The van der Waals surface area contributed by atoms with Gasteiger partial charge in [-0.2, -0.15) is 13.2 Å². The number of halogens is 3. The lowest BCUT2D eigenvalue weighted by molar-refractivity contribution is -0.127. The van der Waals surface area contributed by atoms with Crippen molar-refractivity contribution < 1.29 is 13.2 Å². The molecular weight excluding hydrogens is 217 g/mol. The van der Waals surface area contributed by atoms with Crippen LogP contribution >= 0.6 is 0 Å². The molecule has 1 aromatic heterocycles. The van der Waals surface area contributed by atoms with E-state index in [2.05, 4.69) is 9.97 Å². The molecule has 0 aliphatic rings.